The Hall–Kier alpha value is -2.09. The van der Waals surface area contributed by atoms with Crippen molar-refractivity contribution in [1.82, 2.24) is 0 Å². The fraction of sp³-hybridized carbons (Fsp3) is 0.286. The van der Waals surface area contributed by atoms with Crippen LogP contribution in [0.5, 0.6) is 11.5 Å². The number of allylic oxidation sites excluding steroid dienone is 1. The number of phenols is 1. The highest BCUT2D eigenvalue weighted by atomic mass is 35.5. The molecule has 0 atom stereocenters. The van der Waals surface area contributed by atoms with E-state index in [0.29, 0.717) is 49.3 Å². The lowest BCUT2D eigenvalue weighted by atomic mass is 10.1. The Balaban J connectivity index is 0.00000420. The Labute approximate surface area is 181 Å². The van der Waals surface area contributed by atoms with Gasteiger partial charge < -0.3 is 25.1 Å². The van der Waals surface area contributed by atoms with Crippen LogP contribution in [0.4, 0.5) is 0 Å². The minimum absolute atomic E-state index is 0. The third kappa shape index (κ3) is 9.30. The second kappa shape index (κ2) is 14.0. The van der Waals surface area contributed by atoms with Gasteiger partial charge in [-0.15, -0.1) is 12.4 Å². The fourth-order valence-electron chi connectivity index (χ4n) is 2.25. The van der Waals surface area contributed by atoms with Gasteiger partial charge in [-0.1, -0.05) is 23.7 Å². The molecule has 0 amide bonds. The van der Waals surface area contributed by atoms with Gasteiger partial charge in [-0.3, -0.25) is 4.79 Å². The van der Waals surface area contributed by atoms with Crippen LogP contribution in [0.1, 0.15) is 15.9 Å². The molecule has 0 bridgehead atoms. The number of hydrogen-bond donors (Lipinski definition) is 2. The first kappa shape index (κ1) is 24.9. The van der Waals surface area contributed by atoms with Crippen LogP contribution in [0.3, 0.4) is 0 Å². The summed E-state index contributed by atoms with van der Waals surface area (Å²) in [6.45, 7) is 2.56. The lowest BCUT2D eigenvalue weighted by molar-refractivity contribution is 0.0385. The van der Waals surface area contributed by atoms with E-state index in [0.717, 1.165) is 5.56 Å². The first-order valence-electron chi connectivity index (χ1n) is 8.89. The Bertz CT molecular complexity index is 781. The van der Waals surface area contributed by atoms with Crippen molar-refractivity contribution >= 4 is 35.9 Å². The molecular weight excluding hydrogens is 417 g/mol. The van der Waals surface area contributed by atoms with Crippen LogP contribution in [0.25, 0.3) is 6.08 Å². The van der Waals surface area contributed by atoms with Crippen molar-refractivity contribution in [3.05, 3.63) is 64.7 Å². The number of ether oxygens (including phenoxy) is 3. The quantitative estimate of drug-likeness (QED) is 0.296. The molecular formula is C21H25Cl2NO5. The highest BCUT2D eigenvalue weighted by molar-refractivity contribution is 6.30. The van der Waals surface area contributed by atoms with Crippen LogP contribution in [0.15, 0.2) is 48.5 Å². The van der Waals surface area contributed by atoms with Gasteiger partial charge in [-0.25, -0.2) is 0 Å². The predicted octanol–water partition coefficient (Wildman–Crippen LogP) is 3.73. The first-order valence-corrected chi connectivity index (χ1v) is 9.27. The molecule has 0 aliphatic rings. The molecule has 0 saturated carbocycles. The molecule has 158 valence electrons. The van der Waals surface area contributed by atoms with Crippen LogP contribution in [0.2, 0.25) is 5.02 Å². The lowest BCUT2D eigenvalue weighted by Gasteiger charge is -2.09. The minimum Gasteiger partial charge on any atom is -0.504 e. The fourth-order valence-corrected chi connectivity index (χ4v) is 2.37. The zero-order valence-electron chi connectivity index (χ0n) is 15.9. The highest BCUT2D eigenvalue weighted by Gasteiger charge is 2.05. The van der Waals surface area contributed by atoms with E-state index >= 15 is 0 Å². The van der Waals surface area contributed by atoms with Gasteiger partial charge in [0.1, 0.15) is 6.61 Å². The topological polar surface area (TPSA) is 91.0 Å². The van der Waals surface area contributed by atoms with Crippen molar-refractivity contribution in [2.45, 2.75) is 0 Å². The van der Waals surface area contributed by atoms with Gasteiger partial charge in [-0.2, -0.15) is 0 Å². The van der Waals surface area contributed by atoms with Crippen molar-refractivity contribution in [2.75, 3.05) is 39.6 Å². The van der Waals surface area contributed by atoms with Crippen molar-refractivity contribution in [2.24, 2.45) is 5.73 Å². The number of carbonyl (C=O) groups is 1. The molecule has 2 aromatic carbocycles. The molecule has 0 aliphatic heterocycles. The SMILES string of the molecule is Cl.NCCOCCOCCOc1cc(/C=C/C(=O)c2ccc(Cl)cc2)ccc1O. The second-order valence-corrected chi connectivity index (χ2v) is 6.23. The summed E-state index contributed by atoms with van der Waals surface area (Å²) in [7, 11) is 0. The van der Waals surface area contributed by atoms with E-state index in [9.17, 15) is 9.90 Å². The monoisotopic (exact) mass is 441 g/mol. The molecule has 0 spiro atoms. The molecule has 0 fully saturated rings. The van der Waals surface area contributed by atoms with Gasteiger partial charge >= 0.3 is 0 Å². The summed E-state index contributed by atoms with van der Waals surface area (Å²) in [6, 6.07) is 11.5. The predicted molar refractivity (Wildman–Crippen MR) is 116 cm³/mol. The van der Waals surface area contributed by atoms with Gasteiger partial charge in [0.05, 0.1) is 26.4 Å². The summed E-state index contributed by atoms with van der Waals surface area (Å²) in [4.78, 5) is 12.2. The van der Waals surface area contributed by atoms with Crippen molar-refractivity contribution in [1.29, 1.82) is 0 Å². The molecule has 6 nitrogen and oxygen atoms in total. The molecule has 0 aliphatic carbocycles. The number of hydrogen-bond acceptors (Lipinski definition) is 6. The van der Waals surface area contributed by atoms with Crippen LogP contribution in [0, 0.1) is 0 Å². The van der Waals surface area contributed by atoms with Crippen molar-refractivity contribution < 1.29 is 24.1 Å². The average molecular weight is 442 g/mol. The first-order chi connectivity index (χ1) is 13.6. The van der Waals surface area contributed by atoms with Gasteiger partial charge in [-0.05, 0) is 48.0 Å². The molecule has 0 radical (unpaired) electrons. The van der Waals surface area contributed by atoms with Crippen LogP contribution >= 0.6 is 24.0 Å². The van der Waals surface area contributed by atoms with Crippen LogP contribution in [-0.4, -0.2) is 50.5 Å². The molecule has 2 aromatic rings. The van der Waals surface area contributed by atoms with Crippen LogP contribution in [-0.2, 0) is 9.47 Å². The number of benzene rings is 2. The van der Waals surface area contributed by atoms with E-state index in [2.05, 4.69) is 0 Å². The maximum absolute atomic E-state index is 12.2. The summed E-state index contributed by atoms with van der Waals surface area (Å²) in [5, 5.41) is 10.5. The Morgan fingerprint density at radius 2 is 1.66 bits per heavy atom. The van der Waals surface area contributed by atoms with Gasteiger partial charge in [0, 0.05) is 17.1 Å². The molecule has 0 saturated heterocycles. The number of aromatic hydroxyl groups is 1. The van der Waals surface area contributed by atoms with E-state index in [1.165, 1.54) is 12.1 Å². The molecule has 0 aromatic heterocycles. The van der Waals surface area contributed by atoms with Crippen molar-refractivity contribution in [3.8, 4) is 11.5 Å². The molecule has 3 N–H and O–H groups in total. The third-order valence-electron chi connectivity index (χ3n) is 3.66. The third-order valence-corrected chi connectivity index (χ3v) is 3.91. The Morgan fingerprint density at radius 3 is 2.34 bits per heavy atom. The lowest BCUT2D eigenvalue weighted by Crippen LogP contribution is -2.14. The summed E-state index contributed by atoms with van der Waals surface area (Å²) in [5.74, 6) is 0.203. The largest absolute Gasteiger partial charge is 0.504 e. The Kier molecular flexibility index (Phi) is 12.0. The Morgan fingerprint density at radius 1 is 1.00 bits per heavy atom. The second-order valence-electron chi connectivity index (χ2n) is 5.79. The maximum atomic E-state index is 12.2. The summed E-state index contributed by atoms with van der Waals surface area (Å²) in [5.41, 5.74) is 6.59. The number of rotatable bonds is 12. The molecule has 29 heavy (non-hydrogen) atoms. The molecule has 0 unspecified atom stereocenters. The van der Waals surface area contributed by atoms with Gasteiger partial charge in [0.2, 0.25) is 0 Å². The van der Waals surface area contributed by atoms with Crippen LogP contribution < -0.4 is 10.5 Å². The van der Waals surface area contributed by atoms with E-state index < -0.39 is 0 Å². The summed E-state index contributed by atoms with van der Waals surface area (Å²) >= 11 is 5.82. The van der Waals surface area contributed by atoms with E-state index in [1.54, 1.807) is 42.5 Å². The molecule has 2 rings (SSSR count). The summed E-state index contributed by atoms with van der Waals surface area (Å²) < 4.78 is 16.1. The maximum Gasteiger partial charge on any atom is 0.185 e. The zero-order chi connectivity index (χ0) is 20.2. The molecule has 0 heterocycles. The number of nitrogens with two attached hydrogens (primary N) is 1. The number of halogens is 2. The highest BCUT2D eigenvalue weighted by Crippen LogP contribution is 2.27. The zero-order valence-corrected chi connectivity index (χ0v) is 17.5. The van der Waals surface area contributed by atoms with Gasteiger partial charge in [0.25, 0.3) is 0 Å². The number of ketones is 1. The number of phenolic OH excluding ortho intramolecular Hbond substituents is 1. The minimum atomic E-state index is -0.141. The van der Waals surface area contributed by atoms with Crippen molar-refractivity contribution in [3.63, 3.8) is 0 Å². The smallest absolute Gasteiger partial charge is 0.185 e. The average Bonchev–Trinajstić information content (AvgIpc) is 2.70. The normalized spacial score (nSPS) is 10.7. The standard InChI is InChI=1S/C21H24ClNO5.ClH/c22-18-5-3-17(4-6-18)19(24)7-1-16-2-8-20(25)21(15-16)28-14-13-27-12-11-26-10-9-23;/h1-8,15,25H,9-14,23H2;1H/b7-1+;. The summed E-state index contributed by atoms with van der Waals surface area (Å²) in [6.07, 6.45) is 3.12. The number of carbonyl (C=O) groups excluding carboxylic acids is 1. The molecule has 8 heteroatoms. The van der Waals surface area contributed by atoms with E-state index in [1.807, 2.05) is 0 Å². The van der Waals surface area contributed by atoms with E-state index in [4.69, 9.17) is 31.5 Å². The van der Waals surface area contributed by atoms with Gasteiger partial charge in [0.15, 0.2) is 17.3 Å². The van der Waals surface area contributed by atoms with E-state index in [-0.39, 0.29) is 30.5 Å².